The third-order valence-corrected chi connectivity index (χ3v) is 17.8. The largest absolute Gasteiger partial charge is 0.455 e. The molecule has 28 atom stereocenters. The molecule has 0 spiro atoms. The second-order valence-corrected chi connectivity index (χ2v) is 24.4. The van der Waals surface area contributed by atoms with Crippen LogP contribution in [0.15, 0.2) is 11.6 Å². The van der Waals surface area contributed by atoms with Crippen molar-refractivity contribution in [2.24, 2.45) is 11.8 Å². The van der Waals surface area contributed by atoms with Crippen molar-refractivity contribution in [3.05, 3.63) is 11.6 Å². The van der Waals surface area contributed by atoms with Crippen LogP contribution in [0.1, 0.15) is 159 Å². The Hall–Kier alpha value is -3.18. The van der Waals surface area contributed by atoms with E-state index < -0.39 is 215 Å². The molecular formula is C61H102O28. The molecule has 28 nitrogen and oxygen atoms in total. The van der Waals surface area contributed by atoms with E-state index in [4.69, 9.17) is 66.3 Å². The summed E-state index contributed by atoms with van der Waals surface area (Å²) in [7, 11) is 0. The maximum atomic E-state index is 14.3. The number of carbonyl (C=O) groups excluding carboxylic acids is 4. The summed E-state index contributed by atoms with van der Waals surface area (Å²) in [5, 5.41) is 113. The zero-order valence-electron chi connectivity index (χ0n) is 52.8. The van der Waals surface area contributed by atoms with Gasteiger partial charge in [-0.3, -0.25) is 14.4 Å². The molecule has 10 N–H and O–H groups in total. The topological polar surface area (TPSA) is 400 Å². The number of esters is 4. The number of hydrogen-bond donors (Lipinski definition) is 10. The summed E-state index contributed by atoms with van der Waals surface area (Å²) >= 11 is 0. The van der Waals surface area contributed by atoms with Gasteiger partial charge in [-0.25, -0.2) is 4.79 Å². The first-order valence-electron chi connectivity index (χ1n) is 32.0. The third kappa shape index (κ3) is 19.3. The number of ether oxygens (including phenoxy) is 14. The van der Waals surface area contributed by atoms with Crippen LogP contribution >= 0.6 is 0 Å². The Bertz CT molecular complexity index is 2190. The summed E-state index contributed by atoms with van der Waals surface area (Å²) < 4.78 is 89.0. The fourth-order valence-electron chi connectivity index (χ4n) is 11.4. The standard InChI is InChI=1S/C61H102O28/c1-10-14-20-23-34-24-21-18-16-15-17-19-22-25-38(65)82-51-47(84-55(74)30(6)12-3)41(68)36(27-63)80-60(51)86-48-42(69)37(28-64)81-61(87-49-44(71)39(66)32(8)76-58(49)78-34)52(48)89-59-53(85-56(75)31(7)13-4)50(46(33(9)77-59)83-54(73)29(5)11-2)88-57-45(72)43(70)40(67)35(26-62)79-57/h11,30-37,39-53,57-64,66-72H,10,12-28H2,1-9H3/b29-11+/t30-,31-,32+,33-,34-,35+,36+,37+,39+,40+,41+,42+,43-,44-,45+,46-,47-,48-,49+,50+,51+,52+,53+,57-,58-,59-,60-,61-/m0/s1. The molecule has 89 heavy (non-hydrogen) atoms. The average Bonchev–Trinajstić information content (AvgIpc) is 0.992. The Kier molecular flexibility index (Phi) is 30.2. The summed E-state index contributed by atoms with van der Waals surface area (Å²) in [5.41, 5.74) is 0.0981. The van der Waals surface area contributed by atoms with E-state index in [-0.39, 0.29) is 24.8 Å². The van der Waals surface area contributed by atoms with Crippen LogP contribution < -0.4 is 0 Å². The van der Waals surface area contributed by atoms with Crippen molar-refractivity contribution in [3.8, 4) is 0 Å². The van der Waals surface area contributed by atoms with Gasteiger partial charge in [-0.15, -0.1) is 0 Å². The molecule has 0 unspecified atom stereocenters. The maximum Gasteiger partial charge on any atom is 0.333 e. The van der Waals surface area contributed by atoms with Crippen LogP contribution in [0.5, 0.6) is 0 Å². The summed E-state index contributed by atoms with van der Waals surface area (Å²) in [6.45, 7) is 11.7. The number of unbranched alkanes of at least 4 members (excludes halogenated alkanes) is 2. The van der Waals surface area contributed by atoms with Crippen LogP contribution in [-0.4, -0.2) is 254 Å². The molecule has 0 aromatic carbocycles. The zero-order valence-corrected chi connectivity index (χ0v) is 52.8. The minimum atomic E-state index is -2.08. The molecule has 0 saturated carbocycles. The monoisotopic (exact) mass is 1280 g/mol. The molecule has 6 heterocycles. The Balaban J connectivity index is 1.57. The van der Waals surface area contributed by atoms with Crippen LogP contribution in [0.25, 0.3) is 0 Å². The van der Waals surface area contributed by atoms with Crippen LogP contribution in [-0.2, 0) is 85.5 Å². The number of allylic oxidation sites excluding steroid dienone is 1. The molecule has 0 aromatic heterocycles. The number of aliphatic hydroxyl groups excluding tert-OH is 10. The molecule has 6 aliphatic heterocycles. The van der Waals surface area contributed by atoms with E-state index in [1.54, 1.807) is 27.7 Å². The van der Waals surface area contributed by atoms with Crippen molar-refractivity contribution < 1.29 is 137 Å². The minimum absolute atomic E-state index is 0.0981. The lowest BCUT2D eigenvalue weighted by Crippen LogP contribution is -2.69. The number of aliphatic hydroxyl groups is 10. The third-order valence-electron chi connectivity index (χ3n) is 17.8. The quantitative estimate of drug-likeness (QED) is 0.0371. The average molecular weight is 1280 g/mol. The van der Waals surface area contributed by atoms with Gasteiger partial charge in [0.25, 0.3) is 0 Å². The van der Waals surface area contributed by atoms with Gasteiger partial charge < -0.3 is 117 Å². The highest BCUT2D eigenvalue weighted by atomic mass is 16.8. The van der Waals surface area contributed by atoms with Crippen molar-refractivity contribution >= 4 is 23.9 Å². The second-order valence-electron chi connectivity index (χ2n) is 24.4. The van der Waals surface area contributed by atoms with Gasteiger partial charge in [0.15, 0.2) is 55.9 Å². The summed E-state index contributed by atoms with van der Waals surface area (Å²) in [6.07, 6.45) is -35.2. The highest BCUT2D eigenvalue weighted by Crippen LogP contribution is 2.40. The predicted molar refractivity (Wildman–Crippen MR) is 306 cm³/mol. The highest BCUT2D eigenvalue weighted by Gasteiger charge is 2.60. The van der Waals surface area contributed by atoms with Gasteiger partial charge >= 0.3 is 23.9 Å². The molecule has 6 rings (SSSR count). The first-order valence-corrected chi connectivity index (χ1v) is 32.0. The van der Waals surface area contributed by atoms with Crippen LogP contribution in [0.2, 0.25) is 0 Å². The van der Waals surface area contributed by atoms with Crippen LogP contribution in [0, 0.1) is 11.8 Å². The first-order chi connectivity index (χ1) is 42.5. The number of carbonyl (C=O) groups is 4. The molecule has 28 heteroatoms. The second kappa shape index (κ2) is 35.9. The zero-order chi connectivity index (χ0) is 65.4. The Morgan fingerprint density at radius 1 is 0.528 bits per heavy atom. The Labute approximate surface area is 520 Å². The summed E-state index contributed by atoms with van der Waals surface area (Å²) in [6, 6.07) is 0. The van der Waals surface area contributed by atoms with Gasteiger partial charge in [0.05, 0.1) is 50.0 Å². The van der Waals surface area contributed by atoms with E-state index in [0.717, 1.165) is 51.4 Å². The summed E-state index contributed by atoms with van der Waals surface area (Å²) in [5.74, 6) is -5.12. The fraction of sp³-hybridized carbons (Fsp3) is 0.902. The summed E-state index contributed by atoms with van der Waals surface area (Å²) in [4.78, 5) is 55.8. The molecule has 6 fully saturated rings. The smallest absolute Gasteiger partial charge is 0.333 e. The maximum absolute atomic E-state index is 14.3. The van der Waals surface area contributed by atoms with E-state index in [0.29, 0.717) is 25.7 Å². The van der Waals surface area contributed by atoms with E-state index in [1.807, 2.05) is 0 Å². The predicted octanol–water partition coefficient (Wildman–Crippen LogP) is 0.890. The lowest BCUT2D eigenvalue weighted by molar-refractivity contribution is -0.413. The van der Waals surface area contributed by atoms with Gasteiger partial charge in [-0.2, -0.15) is 0 Å². The number of fused-ring (bicyclic) bond motifs is 4. The SMILES string of the molecule is C/C=C(\C)C(=O)O[C@@H]1[C@@H](O[C@@H]2O[C@H](CO)[C@@H](O)[C@H](O)[C@H]2O)[C@@H](OC(=O)[C@@H](C)CC)[C@H](O[C@H]2[C@@H]3O[C@H]4[C@H](O[C@@H](CCCCC)CCCCCCCCCC(=O)O[C@H]5[C@H](O[C@H]2[C@H](O)[C@@H](CO)O3)O[C@H](CO)[C@@H](O)[C@@H]5OC(=O)[C@@H](C)CC)O[C@H](C)[C@@H](O)[C@@H]4O)O[C@H]1C. The van der Waals surface area contributed by atoms with Crippen LogP contribution in [0.3, 0.4) is 0 Å². The van der Waals surface area contributed by atoms with Crippen molar-refractivity contribution in [2.45, 2.75) is 318 Å². The normalized spacial score (nSPS) is 41.6. The van der Waals surface area contributed by atoms with Gasteiger partial charge in [0.2, 0.25) is 0 Å². The molecule has 514 valence electrons. The van der Waals surface area contributed by atoms with Gasteiger partial charge in [0, 0.05) is 12.0 Å². The molecular weight excluding hydrogens is 1180 g/mol. The van der Waals surface area contributed by atoms with Crippen molar-refractivity contribution in [3.63, 3.8) is 0 Å². The van der Waals surface area contributed by atoms with Crippen LogP contribution in [0.4, 0.5) is 0 Å². The van der Waals surface area contributed by atoms with Gasteiger partial charge in [-0.1, -0.05) is 98.5 Å². The fourth-order valence-corrected chi connectivity index (χ4v) is 11.4. The van der Waals surface area contributed by atoms with Crippen molar-refractivity contribution in [1.29, 1.82) is 0 Å². The molecule has 0 radical (unpaired) electrons. The van der Waals surface area contributed by atoms with Gasteiger partial charge in [0.1, 0.15) is 85.5 Å². The van der Waals surface area contributed by atoms with E-state index in [9.17, 15) is 70.2 Å². The van der Waals surface area contributed by atoms with Crippen molar-refractivity contribution in [2.75, 3.05) is 19.8 Å². The molecule has 0 aromatic rings. The van der Waals surface area contributed by atoms with Gasteiger partial charge in [-0.05, 0) is 59.8 Å². The number of hydrogen-bond acceptors (Lipinski definition) is 28. The Morgan fingerprint density at radius 2 is 1.09 bits per heavy atom. The minimum Gasteiger partial charge on any atom is -0.455 e. The number of rotatable bonds is 19. The Morgan fingerprint density at radius 3 is 1.71 bits per heavy atom. The molecule has 6 aliphatic rings. The van der Waals surface area contributed by atoms with E-state index in [1.165, 1.54) is 33.8 Å². The molecule has 0 amide bonds. The lowest BCUT2D eigenvalue weighted by atomic mass is 9.94. The van der Waals surface area contributed by atoms with E-state index in [2.05, 4.69) is 6.92 Å². The lowest BCUT2D eigenvalue weighted by Gasteiger charge is -2.52. The molecule has 0 aliphatic carbocycles. The molecule has 2 bridgehead atoms. The first kappa shape index (κ1) is 74.9. The highest BCUT2D eigenvalue weighted by molar-refractivity contribution is 5.87. The van der Waals surface area contributed by atoms with E-state index >= 15 is 0 Å². The molecule has 6 saturated heterocycles. The van der Waals surface area contributed by atoms with Crippen molar-refractivity contribution in [1.82, 2.24) is 0 Å².